The molecular formula is C18H20N2O4S. The third kappa shape index (κ3) is 5.04. The van der Waals surface area contributed by atoms with Gasteiger partial charge in [-0.05, 0) is 34.5 Å². The zero-order valence-electron chi connectivity index (χ0n) is 13.8. The van der Waals surface area contributed by atoms with E-state index in [9.17, 15) is 9.59 Å². The van der Waals surface area contributed by atoms with Crippen LogP contribution in [0.15, 0.2) is 41.1 Å². The number of hydrogen-bond acceptors (Lipinski definition) is 5. The van der Waals surface area contributed by atoms with Crippen LogP contribution in [0.25, 0.3) is 0 Å². The molecule has 132 valence electrons. The monoisotopic (exact) mass is 360 g/mol. The lowest BCUT2D eigenvalue weighted by atomic mass is 10.1. The van der Waals surface area contributed by atoms with Crippen LogP contribution < -0.4 is 5.32 Å². The van der Waals surface area contributed by atoms with Crippen LogP contribution in [0, 0.1) is 0 Å². The Balaban J connectivity index is 1.45. The molecule has 0 radical (unpaired) electrons. The molecular weight excluding hydrogens is 340 g/mol. The molecule has 1 N–H and O–H groups in total. The highest BCUT2D eigenvalue weighted by Gasteiger charge is 2.18. The Kier molecular flexibility index (Phi) is 6.03. The molecule has 1 aromatic carbocycles. The molecule has 3 rings (SSSR count). The van der Waals surface area contributed by atoms with Crippen molar-refractivity contribution < 1.29 is 19.1 Å². The number of thiophene rings is 1. The van der Waals surface area contributed by atoms with Gasteiger partial charge in [0.25, 0.3) is 5.91 Å². The number of hydrogen-bond donors (Lipinski definition) is 1. The minimum Gasteiger partial charge on any atom is -0.445 e. The van der Waals surface area contributed by atoms with Crippen molar-refractivity contribution >= 4 is 23.3 Å². The number of morpholine rings is 1. The largest absolute Gasteiger partial charge is 0.445 e. The highest BCUT2D eigenvalue weighted by molar-refractivity contribution is 7.07. The molecule has 25 heavy (non-hydrogen) atoms. The van der Waals surface area contributed by atoms with Gasteiger partial charge in [-0.2, -0.15) is 11.3 Å². The van der Waals surface area contributed by atoms with Gasteiger partial charge in [-0.15, -0.1) is 0 Å². The van der Waals surface area contributed by atoms with E-state index in [-0.39, 0.29) is 12.5 Å². The van der Waals surface area contributed by atoms with Crippen molar-refractivity contribution in [2.75, 3.05) is 26.3 Å². The van der Waals surface area contributed by atoms with Crippen LogP contribution in [0.2, 0.25) is 0 Å². The molecule has 1 aromatic heterocycles. The summed E-state index contributed by atoms with van der Waals surface area (Å²) < 4.78 is 10.4. The summed E-state index contributed by atoms with van der Waals surface area (Å²) in [5.74, 6) is 0.0120. The molecule has 2 heterocycles. The van der Waals surface area contributed by atoms with E-state index in [4.69, 9.17) is 9.47 Å². The Labute approximate surface area is 150 Å². The zero-order valence-corrected chi connectivity index (χ0v) is 14.6. The lowest BCUT2D eigenvalue weighted by Gasteiger charge is -2.26. The number of alkyl carbamates (subject to hydrolysis) is 1. The van der Waals surface area contributed by atoms with E-state index < -0.39 is 6.09 Å². The highest BCUT2D eigenvalue weighted by Crippen LogP contribution is 2.10. The maximum atomic E-state index is 12.4. The quantitative estimate of drug-likeness (QED) is 0.890. The van der Waals surface area contributed by atoms with Crippen LogP contribution in [0.4, 0.5) is 4.79 Å². The van der Waals surface area contributed by atoms with Crippen molar-refractivity contribution in [2.45, 2.75) is 13.2 Å². The SMILES string of the molecule is O=C(NCc1ccc(C(=O)N2CCOCC2)cc1)OCc1ccsc1. The fourth-order valence-corrected chi connectivity index (χ4v) is 3.12. The van der Waals surface area contributed by atoms with Crippen LogP contribution in [-0.4, -0.2) is 43.2 Å². The number of benzene rings is 1. The predicted molar refractivity (Wildman–Crippen MR) is 94.5 cm³/mol. The molecule has 2 aromatic rings. The average Bonchev–Trinajstić information content (AvgIpc) is 3.19. The number of carbonyl (C=O) groups excluding carboxylic acids is 2. The molecule has 6 nitrogen and oxygen atoms in total. The molecule has 1 saturated heterocycles. The molecule has 0 spiro atoms. The standard InChI is InChI=1S/C18H20N2O4S/c21-17(20-6-8-23-9-7-20)16-3-1-14(2-4-16)11-19-18(22)24-12-15-5-10-25-13-15/h1-5,10,13H,6-9,11-12H2,(H,19,22). The van der Waals surface area contributed by atoms with Gasteiger partial charge in [-0.1, -0.05) is 12.1 Å². The summed E-state index contributed by atoms with van der Waals surface area (Å²) in [6.07, 6.45) is -0.459. The van der Waals surface area contributed by atoms with Gasteiger partial charge >= 0.3 is 6.09 Å². The summed E-state index contributed by atoms with van der Waals surface area (Å²) >= 11 is 1.57. The second-order valence-electron chi connectivity index (χ2n) is 5.66. The molecule has 2 amide bonds. The number of carbonyl (C=O) groups is 2. The Morgan fingerprint density at radius 2 is 1.88 bits per heavy atom. The normalized spacial score (nSPS) is 14.2. The van der Waals surface area contributed by atoms with Crippen LogP contribution >= 0.6 is 11.3 Å². The molecule has 1 fully saturated rings. The van der Waals surface area contributed by atoms with E-state index >= 15 is 0 Å². The topological polar surface area (TPSA) is 67.9 Å². The summed E-state index contributed by atoms with van der Waals surface area (Å²) in [4.78, 5) is 25.8. The third-order valence-corrected chi connectivity index (χ3v) is 4.62. The lowest BCUT2D eigenvalue weighted by Crippen LogP contribution is -2.40. The van der Waals surface area contributed by atoms with E-state index in [1.165, 1.54) is 0 Å². The molecule has 1 aliphatic rings. The van der Waals surface area contributed by atoms with Gasteiger partial charge in [-0.3, -0.25) is 4.79 Å². The van der Waals surface area contributed by atoms with Crippen LogP contribution in [0.1, 0.15) is 21.5 Å². The van der Waals surface area contributed by atoms with Gasteiger partial charge < -0.3 is 19.7 Å². The molecule has 7 heteroatoms. The molecule has 1 aliphatic heterocycles. The molecule has 0 aliphatic carbocycles. The summed E-state index contributed by atoms with van der Waals surface area (Å²) in [6, 6.07) is 9.17. The van der Waals surface area contributed by atoms with Gasteiger partial charge in [0.1, 0.15) is 6.61 Å². The smallest absolute Gasteiger partial charge is 0.407 e. The van der Waals surface area contributed by atoms with Crippen molar-refractivity contribution in [3.8, 4) is 0 Å². The molecule has 0 bridgehead atoms. The Morgan fingerprint density at radius 3 is 2.56 bits per heavy atom. The maximum Gasteiger partial charge on any atom is 0.407 e. The minimum atomic E-state index is -0.459. The number of rotatable bonds is 5. The maximum absolute atomic E-state index is 12.4. The average molecular weight is 360 g/mol. The fourth-order valence-electron chi connectivity index (χ4n) is 2.46. The molecule has 0 atom stereocenters. The van der Waals surface area contributed by atoms with Crippen molar-refractivity contribution in [2.24, 2.45) is 0 Å². The number of amides is 2. The van der Waals surface area contributed by atoms with E-state index in [1.54, 1.807) is 28.4 Å². The summed E-state index contributed by atoms with van der Waals surface area (Å²) in [7, 11) is 0. The van der Waals surface area contributed by atoms with Crippen LogP contribution in [-0.2, 0) is 22.6 Å². The predicted octanol–water partition coefficient (Wildman–Crippen LogP) is 2.65. The van der Waals surface area contributed by atoms with Crippen LogP contribution in [0.5, 0.6) is 0 Å². The second kappa shape index (κ2) is 8.64. The highest BCUT2D eigenvalue weighted by atomic mass is 32.1. The van der Waals surface area contributed by atoms with Crippen LogP contribution in [0.3, 0.4) is 0 Å². The first kappa shape index (κ1) is 17.4. The van der Waals surface area contributed by atoms with E-state index in [2.05, 4.69) is 5.32 Å². The van der Waals surface area contributed by atoms with Gasteiger partial charge in [0, 0.05) is 30.8 Å². The van der Waals surface area contributed by atoms with Gasteiger partial charge in [0.05, 0.1) is 13.2 Å². The summed E-state index contributed by atoms with van der Waals surface area (Å²) in [5, 5.41) is 6.59. The van der Waals surface area contributed by atoms with Crippen molar-refractivity contribution in [3.05, 3.63) is 57.8 Å². The molecule has 0 unspecified atom stereocenters. The first-order valence-corrected chi connectivity index (χ1v) is 9.04. The van der Waals surface area contributed by atoms with E-state index in [0.717, 1.165) is 11.1 Å². The zero-order chi connectivity index (χ0) is 17.5. The fraction of sp³-hybridized carbons (Fsp3) is 0.333. The first-order valence-electron chi connectivity index (χ1n) is 8.10. The summed E-state index contributed by atoms with van der Waals surface area (Å²) in [5.41, 5.74) is 2.53. The van der Waals surface area contributed by atoms with Crippen molar-refractivity contribution in [3.63, 3.8) is 0 Å². The van der Waals surface area contributed by atoms with E-state index in [0.29, 0.717) is 38.4 Å². The summed E-state index contributed by atoms with van der Waals surface area (Å²) in [6.45, 7) is 3.04. The second-order valence-corrected chi connectivity index (χ2v) is 6.44. The number of ether oxygens (including phenoxy) is 2. The Hall–Kier alpha value is -2.38. The van der Waals surface area contributed by atoms with Gasteiger partial charge in [0.15, 0.2) is 0 Å². The van der Waals surface area contributed by atoms with Crippen molar-refractivity contribution in [1.29, 1.82) is 0 Å². The lowest BCUT2D eigenvalue weighted by molar-refractivity contribution is 0.0303. The first-order chi connectivity index (χ1) is 12.2. The third-order valence-electron chi connectivity index (χ3n) is 3.89. The Bertz CT molecular complexity index is 694. The number of nitrogens with one attached hydrogen (secondary N) is 1. The van der Waals surface area contributed by atoms with Gasteiger partial charge in [0.2, 0.25) is 0 Å². The molecule has 0 saturated carbocycles. The minimum absolute atomic E-state index is 0.0120. The Morgan fingerprint density at radius 1 is 1.12 bits per heavy atom. The number of nitrogens with zero attached hydrogens (tertiary/aromatic N) is 1. The van der Waals surface area contributed by atoms with E-state index in [1.807, 2.05) is 29.0 Å². The van der Waals surface area contributed by atoms with Crippen molar-refractivity contribution in [1.82, 2.24) is 10.2 Å². The van der Waals surface area contributed by atoms with Gasteiger partial charge in [-0.25, -0.2) is 4.79 Å².